The van der Waals surface area contributed by atoms with Crippen LogP contribution in [0.2, 0.25) is 0 Å². The Morgan fingerprint density at radius 1 is 1.33 bits per heavy atom. The van der Waals surface area contributed by atoms with E-state index in [1.807, 2.05) is 6.92 Å². The Bertz CT molecular complexity index is 435. The van der Waals surface area contributed by atoms with Gasteiger partial charge in [0.25, 0.3) is 0 Å². The van der Waals surface area contributed by atoms with E-state index in [4.69, 9.17) is 15.2 Å². The zero-order chi connectivity index (χ0) is 13.7. The highest BCUT2D eigenvalue weighted by atomic mass is 16.5. The number of methoxy groups -OCH3 is 2. The molecule has 0 aromatic heterocycles. The zero-order valence-corrected chi connectivity index (χ0v) is 11.1. The van der Waals surface area contributed by atoms with Crippen LogP contribution in [0.1, 0.15) is 6.92 Å². The molecule has 0 atom stereocenters. The van der Waals surface area contributed by atoms with E-state index in [0.717, 1.165) is 0 Å². The molecule has 1 rings (SSSR count). The molecular weight excluding hydrogens is 234 g/mol. The Balaban J connectivity index is 2.99. The minimum Gasteiger partial charge on any atom is -0.493 e. The quantitative estimate of drug-likeness (QED) is 0.802. The van der Waals surface area contributed by atoms with Gasteiger partial charge in [-0.05, 0) is 6.92 Å². The van der Waals surface area contributed by atoms with Crippen molar-refractivity contribution in [2.45, 2.75) is 6.92 Å². The minimum absolute atomic E-state index is 0.226. The molecule has 0 radical (unpaired) electrons. The summed E-state index contributed by atoms with van der Waals surface area (Å²) >= 11 is 0. The normalized spacial score (nSPS) is 9.78. The average molecular weight is 253 g/mol. The minimum atomic E-state index is -0.226. The van der Waals surface area contributed by atoms with Crippen LogP contribution in [0.15, 0.2) is 12.1 Å². The third kappa shape index (κ3) is 2.97. The molecule has 1 aromatic carbocycles. The molecule has 0 spiro atoms. The largest absolute Gasteiger partial charge is 0.493 e. The Hall–Kier alpha value is -2.11. The maximum Gasteiger partial charge on any atom is 0.321 e. The number of hydrogen-bond acceptors (Lipinski definition) is 4. The smallest absolute Gasteiger partial charge is 0.321 e. The Kier molecular flexibility index (Phi) is 4.65. The molecule has 0 fully saturated rings. The highest BCUT2D eigenvalue weighted by molar-refractivity contribution is 5.93. The van der Waals surface area contributed by atoms with E-state index >= 15 is 0 Å². The van der Waals surface area contributed by atoms with Gasteiger partial charge in [0, 0.05) is 25.7 Å². The first kappa shape index (κ1) is 14.0. The molecule has 18 heavy (non-hydrogen) atoms. The lowest BCUT2D eigenvalue weighted by molar-refractivity contribution is 0.224. The lowest BCUT2D eigenvalue weighted by Gasteiger charge is -2.18. The van der Waals surface area contributed by atoms with Gasteiger partial charge in [-0.3, -0.25) is 0 Å². The molecule has 6 heteroatoms. The second-order valence-electron chi connectivity index (χ2n) is 3.74. The summed E-state index contributed by atoms with van der Waals surface area (Å²) in [5.41, 5.74) is 6.76. The van der Waals surface area contributed by atoms with Crippen molar-refractivity contribution >= 4 is 17.4 Å². The van der Waals surface area contributed by atoms with E-state index in [1.54, 1.807) is 19.2 Å². The van der Waals surface area contributed by atoms with Crippen LogP contribution in [-0.4, -0.2) is 38.7 Å². The fourth-order valence-corrected chi connectivity index (χ4v) is 1.36. The van der Waals surface area contributed by atoms with Crippen LogP contribution in [0.3, 0.4) is 0 Å². The van der Waals surface area contributed by atoms with Gasteiger partial charge in [-0.1, -0.05) is 0 Å². The number of benzene rings is 1. The van der Waals surface area contributed by atoms with Crippen LogP contribution in [0, 0.1) is 0 Å². The van der Waals surface area contributed by atoms with Gasteiger partial charge < -0.3 is 25.4 Å². The number of carbonyl (C=O) groups is 1. The number of rotatable bonds is 4. The monoisotopic (exact) mass is 253 g/mol. The highest BCUT2D eigenvalue weighted by Gasteiger charge is 2.13. The molecule has 0 saturated heterocycles. The highest BCUT2D eigenvalue weighted by Crippen LogP contribution is 2.34. The fourth-order valence-electron chi connectivity index (χ4n) is 1.36. The molecule has 1 aromatic rings. The molecule has 2 amide bonds. The summed E-state index contributed by atoms with van der Waals surface area (Å²) in [6.07, 6.45) is 0. The Morgan fingerprint density at radius 2 is 1.89 bits per heavy atom. The maximum atomic E-state index is 11.7. The summed E-state index contributed by atoms with van der Waals surface area (Å²) in [5, 5.41) is 2.71. The number of carbonyl (C=O) groups excluding carboxylic acids is 1. The Morgan fingerprint density at radius 3 is 2.39 bits per heavy atom. The number of anilines is 2. The predicted molar refractivity (Wildman–Crippen MR) is 71.3 cm³/mol. The van der Waals surface area contributed by atoms with Crippen LogP contribution < -0.4 is 20.5 Å². The lowest BCUT2D eigenvalue weighted by atomic mass is 10.2. The van der Waals surface area contributed by atoms with Crippen LogP contribution >= 0.6 is 0 Å². The standard InChI is InChI=1S/C12H19N3O3/c1-5-15(2)12(16)14-9-7-11(18-4)10(17-3)6-8(9)13/h6-7H,5,13H2,1-4H3,(H,14,16). The molecule has 100 valence electrons. The third-order valence-electron chi connectivity index (χ3n) is 2.62. The molecule has 6 nitrogen and oxygen atoms in total. The molecule has 0 saturated carbocycles. The average Bonchev–Trinajstić information content (AvgIpc) is 2.39. The van der Waals surface area contributed by atoms with E-state index in [-0.39, 0.29) is 6.03 Å². The number of nitrogens with zero attached hydrogens (tertiary/aromatic N) is 1. The van der Waals surface area contributed by atoms with Crippen LogP contribution in [0.4, 0.5) is 16.2 Å². The number of amides is 2. The number of ether oxygens (including phenoxy) is 2. The van der Waals surface area contributed by atoms with Crippen molar-refractivity contribution < 1.29 is 14.3 Å². The molecule has 0 bridgehead atoms. The summed E-state index contributed by atoms with van der Waals surface area (Å²) < 4.78 is 10.3. The van der Waals surface area contributed by atoms with Gasteiger partial charge in [-0.2, -0.15) is 0 Å². The maximum absolute atomic E-state index is 11.7. The molecule has 0 unspecified atom stereocenters. The van der Waals surface area contributed by atoms with Gasteiger partial charge in [-0.15, -0.1) is 0 Å². The number of nitrogens with one attached hydrogen (secondary N) is 1. The first-order valence-electron chi connectivity index (χ1n) is 5.57. The van der Waals surface area contributed by atoms with Gasteiger partial charge in [0.15, 0.2) is 11.5 Å². The van der Waals surface area contributed by atoms with Crippen molar-refractivity contribution in [1.82, 2.24) is 4.90 Å². The summed E-state index contributed by atoms with van der Waals surface area (Å²) in [5.74, 6) is 1.04. The molecular formula is C12H19N3O3. The summed E-state index contributed by atoms with van der Waals surface area (Å²) in [6.45, 7) is 2.50. The number of nitrogens with two attached hydrogens (primary N) is 1. The number of urea groups is 1. The number of hydrogen-bond donors (Lipinski definition) is 2. The first-order valence-corrected chi connectivity index (χ1v) is 5.57. The fraction of sp³-hybridized carbons (Fsp3) is 0.417. The van der Waals surface area contributed by atoms with E-state index in [0.29, 0.717) is 29.4 Å². The summed E-state index contributed by atoms with van der Waals surface area (Å²) in [4.78, 5) is 13.3. The zero-order valence-electron chi connectivity index (χ0n) is 11.1. The van der Waals surface area contributed by atoms with Crippen molar-refractivity contribution in [1.29, 1.82) is 0 Å². The van der Waals surface area contributed by atoms with E-state index < -0.39 is 0 Å². The lowest BCUT2D eigenvalue weighted by Crippen LogP contribution is -2.31. The predicted octanol–water partition coefficient (Wildman–Crippen LogP) is 1.77. The molecule has 0 heterocycles. The van der Waals surface area contributed by atoms with Gasteiger partial charge in [0.1, 0.15) is 0 Å². The van der Waals surface area contributed by atoms with Gasteiger partial charge in [-0.25, -0.2) is 4.79 Å². The van der Waals surface area contributed by atoms with Gasteiger partial charge >= 0.3 is 6.03 Å². The van der Waals surface area contributed by atoms with Gasteiger partial charge in [0.05, 0.1) is 25.6 Å². The van der Waals surface area contributed by atoms with E-state index in [2.05, 4.69) is 5.32 Å². The SMILES string of the molecule is CCN(C)C(=O)Nc1cc(OC)c(OC)cc1N. The van der Waals surface area contributed by atoms with Crippen molar-refractivity contribution in [2.75, 3.05) is 38.9 Å². The third-order valence-corrected chi connectivity index (χ3v) is 2.62. The molecule has 0 aliphatic heterocycles. The topological polar surface area (TPSA) is 76.8 Å². The van der Waals surface area contributed by atoms with E-state index in [1.165, 1.54) is 19.1 Å². The second-order valence-corrected chi connectivity index (χ2v) is 3.74. The van der Waals surface area contributed by atoms with Crippen LogP contribution in [0.5, 0.6) is 11.5 Å². The van der Waals surface area contributed by atoms with Crippen LogP contribution in [0.25, 0.3) is 0 Å². The summed E-state index contributed by atoms with van der Waals surface area (Å²) in [7, 11) is 4.75. The van der Waals surface area contributed by atoms with Crippen molar-refractivity contribution in [2.24, 2.45) is 0 Å². The molecule has 3 N–H and O–H groups in total. The van der Waals surface area contributed by atoms with E-state index in [9.17, 15) is 4.79 Å². The first-order chi connectivity index (χ1) is 8.53. The summed E-state index contributed by atoms with van der Waals surface area (Å²) in [6, 6.07) is 3.02. The van der Waals surface area contributed by atoms with Crippen molar-refractivity contribution in [3.63, 3.8) is 0 Å². The second kappa shape index (κ2) is 6.00. The number of nitrogen functional groups attached to an aromatic ring is 1. The molecule has 0 aliphatic rings. The van der Waals surface area contributed by atoms with Crippen molar-refractivity contribution in [3.05, 3.63) is 12.1 Å². The van der Waals surface area contributed by atoms with Crippen molar-refractivity contribution in [3.8, 4) is 11.5 Å². The van der Waals surface area contributed by atoms with Crippen LogP contribution in [-0.2, 0) is 0 Å². The van der Waals surface area contributed by atoms with Gasteiger partial charge in [0.2, 0.25) is 0 Å². The Labute approximate surface area is 107 Å². The molecule has 0 aliphatic carbocycles.